The summed E-state index contributed by atoms with van der Waals surface area (Å²) in [5.41, 5.74) is 0.852. The van der Waals surface area contributed by atoms with Gasteiger partial charge in [-0.1, -0.05) is 24.3 Å². The minimum Gasteiger partial charge on any atom is -0.368 e. The lowest BCUT2D eigenvalue weighted by Crippen LogP contribution is -2.42. The molecule has 4 nitrogen and oxygen atoms in total. The summed E-state index contributed by atoms with van der Waals surface area (Å²) in [4.78, 5) is 18.9. The number of halogens is 4. The average molecular weight is 444 g/mol. The van der Waals surface area contributed by atoms with Crippen LogP contribution in [0.15, 0.2) is 66.7 Å². The smallest absolute Gasteiger partial charge is 0.368 e. The molecule has 1 fully saturated rings. The Labute approximate surface area is 182 Å². The van der Waals surface area contributed by atoms with Crippen LogP contribution < -0.4 is 0 Å². The maximum absolute atomic E-state index is 13.3. The van der Waals surface area contributed by atoms with Gasteiger partial charge in [0.05, 0.1) is 24.4 Å². The summed E-state index contributed by atoms with van der Waals surface area (Å²) in [6, 6.07) is 15.9. The number of morpholine rings is 1. The lowest BCUT2D eigenvalue weighted by molar-refractivity contribution is -0.138. The third-order valence-electron chi connectivity index (χ3n) is 5.30. The van der Waals surface area contributed by atoms with Gasteiger partial charge >= 0.3 is 6.18 Å². The van der Waals surface area contributed by atoms with Crippen molar-refractivity contribution in [3.8, 4) is 0 Å². The molecule has 32 heavy (non-hydrogen) atoms. The predicted octanol–water partition coefficient (Wildman–Crippen LogP) is 5.04. The predicted molar refractivity (Wildman–Crippen MR) is 109 cm³/mol. The molecule has 0 spiro atoms. The Bertz CT molecular complexity index is 1100. The number of benzene rings is 2. The lowest BCUT2D eigenvalue weighted by atomic mass is 10.0. The van der Waals surface area contributed by atoms with Crippen LogP contribution in [0, 0.1) is 5.82 Å². The molecular weight excluding hydrogens is 424 g/mol. The quantitative estimate of drug-likeness (QED) is 0.530. The van der Waals surface area contributed by atoms with Crippen LogP contribution >= 0.6 is 0 Å². The molecule has 0 unspecified atom stereocenters. The fourth-order valence-corrected chi connectivity index (χ4v) is 3.71. The van der Waals surface area contributed by atoms with Crippen LogP contribution in [0.3, 0.4) is 0 Å². The standard InChI is InChI=1S/C24H20F4N2O2/c25-18-10-8-16(9-11-18)23(31)30-12-13-32-22(15-30)21-7-3-5-19(29-21)14-17-4-1-2-6-20(17)24(26,27)28/h1-11,22H,12-15H2/t22-/m1/s1. The second-order valence-electron chi connectivity index (χ2n) is 7.50. The van der Waals surface area contributed by atoms with Crippen LogP contribution in [-0.2, 0) is 17.3 Å². The van der Waals surface area contributed by atoms with E-state index in [1.165, 1.54) is 36.4 Å². The maximum atomic E-state index is 13.3. The van der Waals surface area contributed by atoms with Gasteiger partial charge in [0.1, 0.15) is 11.9 Å². The number of hydrogen-bond acceptors (Lipinski definition) is 3. The van der Waals surface area contributed by atoms with Crippen molar-refractivity contribution in [2.45, 2.75) is 18.7 Å². The van der Waals surface area contributed by atoms with Crippen LogP contribution in [0.2, 0.25) is 0 Å². The number of pyridine rings is 1. The van der Waals surface area contributed by atoms with E-state index in [1.54, 1.807) is 29.2 Å². The van der Waals surface area contributed by atoms with Crippen LogP contribution in [0.1, 0.15) is 39.0 Å². The van der Waals surface area contributed by atoms with Crippen molar-refractivity contribution in [2.24, 2.45) is 0 Å². The summed E-state index contributed by atoms with van der Waals surface area (Å²) < 4.78 is 58.8. The fraction of sp³-hybridized carbons (Fsp3) is 0.250. The Hall–Kier alpha value is -3.26. The molecule has 1 atom stereocenters. The molecule has 4 rings (SSSR count). The van der Waals surface area contributed by atoms with Crippen LogP contribution in [0.4, 0.5) is 17.6 Å². The normalized spacial score (nSPS) is 16.8. The number of alkyl halides is 3. The van der Waals surface area contributed by atoms with Crippen molar-refractivity contribution in [1.29, 1.82) is 0 Å². The monoisotopic (exact) mass is 444 g/mol. The van der Waals surface area contributed by atoms with E-state index in [1.807, 2.05) is 0 Å². The minimum absolute atomic E-state index is 0.0223. The Kier molecular flexibility index (Phi) is 6.23. The number of nitrogens with zero attached hydrogens (tertiary/aromatic N) is 2. The fourth-order valence-electron chi connectivity index (χ4n) is 3.71. The Balaban J connectivity index is 1.51. The van der Waals surface area contributed by atoms with Crippen LogP contribution in [0.25, 0.3) is 0 Å². The number of aromatic nitrogens is 1. The molecule has 1 aliphatic rings. The van der Waals surface area contributed by atoms with Crippen LogP contribution in [-0.4, -0.2) is 35.5 Å². The molecule has 0 saturated carbocycles. The number of carbonyl (C=O) groups is 1. The molecule has 0 aliphatic carbocycles. The highest BCUT2D eigenvalue weighted by molar-refractivity contribution is 5.94. The first kappa shape index (κ1) is 22.0. The molecule has 1 amide bonds. The highest BCUT2D eigenvalue weighted by Gasteiger charge is 2.33. The van der Waals surface area contributed by atoms with Crippen LogP contribution in [0.5, 0.6) is 0 Å². The Morgan fingerprint density at radius 3 is 2.53 bits per heavy atom. The SMILES string of the molecule is O=C(c1ccc(F)cc1)N1CCO[C@@H](c2cccc(Cc3ccccc3C(F)(F)F)n2)C1. The molecule has 0 radical (unpaired) electrons. The van der Waals surface area contributed by atoms with E-state index in [0.29, 0.717) is 30.1 Å². The molecule has 166 valence electrons. The Morgan fingerprint density at radius 2 is 1.78 bits per heavy atom. The first-order valence-electron chi connectivity index (χ1n) is 10.1. The summed E-state index contributed by atoms with van der Waals surface area (Å²) in [5.74, 6) is -0.664. The molecule has 0 N–H and O–H groups in total. The average Bonchev–Trinajstić information content (AvgIpc) is 2.79. The molecule has 1 aromatic heterocycles. The number of rotatable bonds is 4. The van der Waals surface area contributed by atoms with Crippen molar-refractivity contribution >= 4 is 5.91 Å². The highest BCUT2D eigenvalue weighted by atomic mass is 19.4. The van der Waals surface area contributed by atoms with Gasteiger partial charge in [-0.25, -0.2) is 4.39 Å². The number of ether oxygens (including phenoxy) is 1. The van der Waals surface area contributed by atoms with Gasteiger partial charge in [-0.2, -0.15) is 13.2 Å². The highest BCUT2D eigenvalue weighted by Crippen LogP contribution is 2.33. The zero-order chi connectivity index (χ0) is 22.7. The minimum atomic E-state index is -4.44. The van der Waals surface area contributed by atoms with Gasteiger partial charge in [-0.3, -0.25) is 9.78 Å². The van der Waals surface area contributed by atoms with Gasteiger partial charge in [0.15, 0.2) is 0 Å². The van der Waals surface area contributed by atoms with Crippen molar-refractivity contribution in [1.82, 2.24) is 9.88 Å². The third-order valence-corrected chi connectivity index (χ3v) is 5.30. The second-order valence-corrected chi connectivity index (χ2v) is 7.50. The van der Waals surface area contributed by atoms with Gasteiger partial charge in [-0.05, 0) is 48.0 Å². The van der Waals surface area contributed by atoms with Gasteiger partial charge in [0, 0.05) is 24.2 Å². The molecular formula is C24H20F4N2O2. The molecule has 3 aromatic rings. The van der Waals surface area contributed by atoms with E-state index in [-0.39, 0.29) is 24.4 Å². The zero-order valence-electron chi connectivity index (χ0n) is 17.0. The second kappa shape index (κ2) is 9.08. The van der Waals surface area contributed by atoms with Crippen molar-refractivity contribution in [3.05, 3.63) is 101 Å². The van der Waals surface area contributed by atoms with Crippen molar-refractivity contribution in [3.63, 3.8) is 0 Å². The summed E-state index contributed by atoms with van der Waals surface area (Å²) in [6.07, 6.45) is -4.93. The first-order chi connectivity index (χ1) is 15.3. The molecule has 1 aliphatic heterocycles. The van der Waals surface area contributed by atoms with Gasteiger partial charge in [0.2, 0.25) is 0 Å². The molecule has 8 heteroatoms. The summed E-state index contributed by atoms with van der Waals surface area (Å²) in [7, 11) is 0. The van der Waals surface area contributed by atoms with E-state index in [4.69, 9.17) is 4.74 Å². The van der Waals surface area contributed by atoms with Crippen molar-refractivity contribution in [2.75, 3.05) is 19.7 Å². The Morgan fingerprint density at radius 1 is 1.03 bits per heavy atom. The number of hydrogen-bond donors (Lipinski definition) is 0. The van der Waals surface area contributed by atoms with Gasteiger partial charge in [0.25, 0.3) is 5.91 Å². The van der Waals surface area contributed by atoms with E-state index in [9.17, 15) is 22.4 Å². The first-order valence-corrected chi connectivity index (χ1v) is 10.1. The molecule has 2 aromatic carbocycles. The third kappa shape index (κ3) is 4.96. The summed E-state index contributed by atoms with van der Waals surface area (Å²) in [6.45, 7) is 0.914. The van der Waals surface area contributed by atoms with E-state index in [2.05, 4.69) is 4.98 Å². The molecule has 0 bridgehead atoms. The van der Waals surface area contributed by atoms with Gasteiger partial charge < -0.3 is 9.64 Å². The number of amides is 1. The summed E-state index contributed by atoms with van der Waals surface area (Å²) >= 11 is 0. The van der Waals surface area contributed by atoms with E-state index in [0.717, 1.165) is 6.07 Å². The lowest BCUT2D eigenvalue weighted by Gasteiger charge is -2.33. The van der Waals surface area contributed by atoms with E-state index < -0.39 is 23.7 Å². The molecule has 1 saturated heterocycles. The largest absolute Gasteiger partial charge is 0.416 e. The zero-order valence-corrected chi connectivity index (χ0v) is 17.0. The van der Waals surface area contributed by atoms with Gasteiger partial charge in [-0.15, -0.1) is 0 Å². The van der Waals surface area contributed by atoms with E-state index >= 15 is 0 Å². The molecule has 2 heterocycles. The maximum Gasteiger partial charge on any atom is 0.416 e. The number of carbonyl (C=O) groups excluding carboxylic acids is 1. The topological polar surface area (TPSA) is 42.4 Å². The van der Waals surface area contributed by atoms with Crippen molar-refractivity contribution < 1.29 is 27.1 Å². The summed E-state index contributed by atoms with van der Waals surface area (Å²) in [5, 5.41) is 0.